The molecule has 0 heterocycles. The third-order valence-corrected chi connectivity index (χ3v) is 14.0. The summed E-state index contributed by atoms with van der Waals surface area (Å²) in [5.74, 6) is 6.94. The van der Waals surface area contributed by atoms with Crippen LogP contribution in [-0.4, -0.2) is 26.8 Å². The molecule has 0 radical (unpaired) electrons. The molecule has 0 amide bonds. The number of hydrogen-bond donors (Lipinski definition) is 0. The molecule has 0 aliphatic heterocycles. The highest BCUT2D eigenvalue weighted by atomic mass is 28.4. The fourth-order valence-corrected chi connectivity index (χ4v) is 7.38. The van der Waals surface area contributed by atoms with E-state index in [2.05, 4.69) is 131 Å². The van der Waals surface area contributed by atoms with E-state index in [1.165, 1.54) is 0 Å². The second-order valence-corrected chi connectivity index (χ2v) is 18.3. The molecule has 1 fully saturated rings. The molecule has 4 heteroatoms. The van der Waals surface area contributed by atoms with Crippen molar-refractivity contribution in [1.29, 1.82) is 0 Å². The first-order chi connectivity index (χ1) is 21.6. The van der Waals surface area contributed by atoms with Crippen molar-refractivity contribution in [2.24, 2.45) is 5.41 Å². The van der Waals surface area contributed by atoms with Gasteiger partial charge in [0.1, 0.15) is 11.0 Å². The zero-order valence-electron chi connectivity index (χ0n) is 27.9. The van der Waals surface area contributed by atoms with E-state index in [4.69, 9.17) is 9.16 Å². The molecule has 3 aromatic rings. The molecule has 3 nitrogen and oxygen atoms in total. The average molecular weight is 619 g/mol. The van der Waals surface area contributed by atoms with E-state index in [-0.39, 0.29) is 16.9 Å². The Labute approximate surface area is 272 Å². The third-order valence-electron chi connectivity index (χ3n) is 9.54. The topological polar surface area (TPSA) is 35.5 Å². The number of hydrogen-bond acceptors (Lipinski definition) is 3. The predicted molar refractivity (Wildman–Crippen MR) is 189 cm³/mol. The lowest BCUT2D eigenvalue weighted by Gasteiger charge is -2.46. The van der Waals surface area contributed by atoms with Gasteiger partial charge in [0.15, 0.2) is 14.1 Å². The summed E-state index contributed by atoms with van der Waals surface area (Å²) < 4.78 is 13.8. The number of ether oxygens (including phenoxy) is 1. The standard InChI is InChI=1S/C41H50O3Si/c1-7-8-31-40(37(42)29-22-30-38(40)44-45(5,6)39(2,3)4)32-20-9-10-21-33-43-41(34-23-14-11-15-24-34,35-25-16-12-17-26-35)36-27-18-13-19-28-36/h7,9-19,23-28,38H,1,8,21-22,29-31,33H2,2-6H3/b10-9+/t38-,40+/m0/s1. The first kappa shape index (κ1) is 34.4. The Morgan fingerprint density at radius 3 is 1.91 bits per heavy atom. The first-order valence-corrected chi connectivity index (χ1v) is 19.3. The normalized spacial score (nSPS) is 19.2. The van der Waals surface area contributed by atoms with Gasteiger partial charge in [0.2, 0.25) is 0 Å². The minimum Gasteiger partial charge on any atom is -0.412 e. The second-order valence-electron chi connectivity index (χ2n) is 13.6. The van der Waals surface area contributed by atoms with Gasteiger partial charge in [-0.05, 0) is 73.0 Å². The summed E-state index contributed by atoms with van der Waals surface area (Å²) >= 11 is 0. The van der Waals surface area contributed by atoms with Crippen molar-refractivity contribution in [2.45, 2.75) is 89.1 Å². The van der Waals surface area contributed by atoms with Gasteiger partial charge in [0, 0.05) is 6.42 Å². The molecular weight excluding hydrogens is 569 g/mol. The summed E-state index contributed by atoms with van der Waals surface area (Å²) in [5, 5.41) is 0.0550. The SMILES string of the molecule is C=CCC[C@@]1(C#C/C=C/CCOC(c2ccccc2)(c2ccccc2)c2ccccc2)C(=O)CCC[C@@H]1O[Si](C)(C)C(C)(C)C. The maximum atomic E-state index is 13.6. The fraction of sp³-hybridized carbons (Fsp3) is 0.390. The van der Waals surface area contributed by atoms with Crippen molar-refractivity contribution in [3.8, 4) is 11.8 Å². The first-order valence-electron chi connectivity index (χ1n) is 16.4. The Balaban J connectivity index is 1.58. The molecule has 1 aliphatic carbocycles. The van der Waals surface area contributed by atoms with E-state index in [9.17, 15) is 4.79 Å². The van der Waals surface area contributed by atoms with E-state index in [1.807, 2.05) is 30.4 Å². The molecule has 0 spiro atoms. The lowest BCUT2D eigenvalue weighted by molar-refractivity contribution is -0.134. The monoisotopic (exact) mass is 618 g/mol. The second kappa shape index (κ2) is 15.2. The van der Waals surface area contributed by atoms with Crippen LogP contribution in [0.4, 0.5) is 0 Å². The van der Waals surface area contributed by atoms with Crippen molar-refractivity contribution in [2.75, 3.05) is 6.61 Å². The number of Topliss-reactive ketones (excluding diaryl/α,β-unsaturated/α-hetero) is 1. The molecule has 0 N–H and O–H groups in total. The summed E-state index contributed by atoms with van der Waals surface area (Å²) in [7, 11) is -2.10. The van der Waals surface area contributed by atoms with Gasteiger partial charge in [0.05, 0.1) is 12.7 Å². The van der Waals surface area contributed by atoms with E-state index < -0.39 is 19.3 Å². The van der Waals surface area contributed by atoms with Gasteiger partial charge in [-0.25, -0.2) is 0 Å². The van der Waals surface area contributed by atoms with Gasteiger partial charge in [-0.1, -0.05) is 136 Å². The molecule has 45 heavy (non-hydrogen) atoms. The molecule has 3 aromatic carbocycles. The maximum Gasteiger partial charge on any atom is 0.192 e. The molecule has 4 rings (SSSR count). The zero-order chi connectivity index (χ0) is 32.4. The lowest BCUT2D eigenvalue weighted by atomic mass is 9.68. The highest BCUT2D eigenvalue weighted by Crippen LogP contribution is 2.45. The van der Waals surface area contributed by atoms with Crippen LogP contribution in [0.25, 0.3) is 0 Å². The molecule has 1 aliphatic rings. The van der Waals surface area contributed by atoms with Gasteiger partial charge in [-0.3, -0.25) is 4.79 Å². The van der Waals surface area contributed by atoms with Crippen LogP contribution in [-0.2, 0) is 19.6 Å². The molecule has 0 unspecified atom stereocenters. The van der Waals surface area contributed by atoms with Crippen LogP contribution in [0.5, 0.6) is 0 Å². The van der Waals surface area contributed by atoms with Crippen molar-refractivity contribution >= 4 is 14.1 Å². The Morgan fingerprint density at radius 2 is 1.42 bits per heavy atom. The van der Waals surface area contributed by atoms with E-state index in [0.29, 0.717) is 25.9 Å². The molecule has 236 valence electrons. The lowest BCUT2D eigenvalue weighted by Crippen LogP contribution is -2.53. The van der Waals surface area contributed by atoms with E-state index >= 15 is 0 Å². The molecule has 0 saturated heterocycles. The van der Waals surface area contributed by atoms with Crippen molar-refractivity contribution < 1.29 is 14.0 Å². The minimum absolute atomic E-state index is 0.0550. The highest BCUT2D eigenvalue weighted by Gasteiger charge is 2.50. The predicted octanol–water partition coefficient (Wildman–Crippen LogP) is 10.0. The minimum atomic E-state index is -2.10. The molecule has 0 aromatic heterocycles. The van der Waals surface area contributed by atoms with Crippen LogP contribution in [0, 0.1) is 17.3 Å². The van der Waals surface area contributed by atoms with Crippen LogP contribution in [0.15, 0.2) is 116 Å². The average Bonchev–Trinajstić information content (AvgIpc) is 3.04. The quantitative estimate of drug-likeness (QED) is 0.0666. The van der Waals surface area contributed by atoms with Crippen LogP contribution in [0.3, 0.4) is 0 Å². The van der Waals surface area contributed by atoms with Crippen LogP contribution in [0.1, 0.15) is 76.0 Å². The molecule has 2 atom stereocenters. The van der Waals surface area contributed by atoms with E-state index in [0.717, 1.165) is 36.0 Å². The molecule has 1 saturated carbocycles. The maximum absolute atomic E-state index is 13.6. The summed E-state index contributed by atoms with van der Waals surface area (Å²) in [4.78, 5) is 13.6. The summed E-state index contributed by atoms with van der Waals surface area (Å²) in [6.07, 6.45) is 9.98. The van der Waals surface area contributed by atoms with Gasteiger partial charge >= 0.3 is 0 Å². The van der Waals surface area contributed by atoms with Crippen molar-refractivity contribution in [1.82, 2.24) is 0 Å². The summed E-state index contributed by atoms with van der Waals surface area (Å²) in [6, 6.07) is 31.3. The summed E-state index contributed by atoms with van der Waals surface area (Å²) in [6.45, 7) is 15.7. The Kier molecular flexibility index (Phi) is 11.6. The van der Waals surface area contributed by atoms with Crippen molar-refractivity contribution in [3.63, 3.8) is 0 Å². The van der Waals surface area contributed by atoms with Gasteiger partial charge in [0.25, 0.3) is 0 Å². The number of ketones is 1. The summed E-state index contributed by atoms with van der Waals surface area (Å²) in [5.41, 5.74) is 1.70. The number of rotatable bonds is 12. The Bertz CT molecular complexity index is 1380. The third kappa shape index (κ3) is 7.84. The smallest absolute Gasteiger partial charge is 0.192 e. The number of benzene rings is 3. The van der Waals surface area contributed by atoms with Gasteiger partial charge < -0.3 is 9.16 Å². The molecular formula is C41H50O3Si. The van der Waals surface area contributed by atoms with Crippen LogP contribution < -0.4 is 0 Å². The molecule has 0 bridgehead atoms. The largest absolute Gasteiger partial charge is 0.412 e. The number of allylic oxidation sites excluding steroid dienone is 2. The van der Waals surface area contributed by atoms with Gasteiger partial charge in [-0.2, -0.15) is 0 Å². The van der Waals surface area contributed by atoms with Crippen molar-refractivity contribution in [3.05, 3.63) is 132 Å². The number of carbonyl (C=O) groups is 1. The number of carbonyl (C=O) groups excluding carboxylic acids is 1. The zero-order valence-corrected chi connectivity index (χ0v) is 28.9. The Morgan fingerprint density at radius 1 is 0.889 bits per heavy atom. The van der Waals surface area contributed by atoms with Crippen LogP contribution >= 0.6 is 0 Å². The highest BCUT2D eigenvalue weighted by molar-refractivity contribution is 6.74. The van der Waals surface area contributed by atoms with Crippen LogP contribution in [0.2, 0.25) is 18.1 Å². The van der Waals surface area contributed by atoms with E-state index in [1.54, 1.807) is 0 Å². The Hall–Kier alpha value is -3.49. The van der Waals surface area contributed by atoms with Gasteiger partial charge in [-0.15, -0.1) is 6.58 Å². The fourth-order valence-electron chi connectivity index (χ4n) is 5.99.